The summed E-state index contributed by atoms with van der Waals surface area (Å²) >= 11 is 0. The Morgan fingerprint density at radius 3 is 2.61 bits per heavy atom. The minimum absolute atomic E-state index is 0.0556. The van der Waals surface area contributed by atoms with Gasteiger partial charge in [-0.1, -0.05) is 12.1 Å². The van der Waals surface area contributed by atoms with Crippen LogP contribution in [0.15, 0.2) is 49.1 Å². The second-order valence-electron chi connectivity index (χ2n) is 7.97. The highest BCUT2D eigenvalue weighted by molar-refractivity contribution is 6.01. The molecule has 2 aromatic carbocycles. The van der Waals surface area contributed by atoms with E-state index >= 15 is 0 Å². The number of carbonyl (C=O) groups excluding carboxylic acids is 2. The lowest BCUT2D eigenvalue weighted by molar-refractivity contribution is -0.127. The zero-order valence-corrected chi connectivity index (χ0v) is 18.4. The molecule has 0 fully saturated rings. The molecule has 7 nitrogen and oxygen atoms in total. The standard InChI is InChI=1S/C24H28N2O5/c1-6-11-26-18-14-17(8-10-19(18)31-15-24(2,3)23(26)28)25-22(27)13-16-7-9-20(29-4)21(12-16)30-5/h6-10,12,14H,1,11,13,15H2,2-5H3,(H,25,27). The van der Waals surface area contributed by atoms with E-state index in [0.29, 0.717) is 35.2 Å². The van der Waals surface area contributed by atoms with Gasteiger partial charge in [0.25, 0.3) is 0 Å². The maximum atomic E-state index is 13.0. The smallest absolute Gasteiger partial charge is 0.236 e. The fourth-order valence-electron chi connectivity index (χ4n) is 3.41. The summed E-state index contributed by atoms with van der Waals surface area (Å²) < 4.78 is 16.4. The van der Waals surface area contributed by atoms with Gasteiger partial charge in [-0.25, -0.2) is 0 Å². The Hall–Kier alpha value is -3.48. The first-order valence-corrected chi connectivity index (χ1v) is 9.99. The number of benzene rings is 2. The van der Waals surface area contributed by atoms with Gasteiger partial charge in [-0.2, -0.15) is 0 Å². The fourth-order valence-corrected chi connectivity index (χ4v) is 3.41. The number of nitrogens with one attached hydrogen (secondary N) is 1. The number of fused-ring (bicyclic) bond motifs is 1. The zero-order chi connectivity index (χ0) is 22.6. The fraction of sp³-hybridized carbons (Fsp3) is 0.333. The Morgan fingerprint density at radius 2 is 1.94 bits per heavy atom. The van der Waals surface area contributed by atoms with Gasteiger partial charge in [0.2, 0.25) is 11.8 Å². The summed E-state index contributed by atoms with van der Waals surface area (Å²) in [6, 6.07) is 10.6. The molecule has 1 N–H and O–H groups in total. The average Bonchev–Trinajstić information content (AvgIpc) is 2.84. The van der Waals surface area contributed by atoms with Crippen LogP contribution < -0.4 is 24.4 Å². The van der Waals surface area contributed by atoms with Crippen molar-refractivity contribution in [2.45, 2.75) is 20.3 Å². The number of carbonyl (C=O) groups is 2. The lowest BCUT2D eigenvalue weighted by Crippen LogP contribution is -2.42. The van der Waals surface area contributed by atoms with E-state index in [1.165, 1.54) is 0 Å². The second kappa shape index (κ2) is 9.12. The number of amides is 2. The van der Waals surface area contributed by atoms with E-state index < -0.39 is 5.41 Å². The summed E-state index contributed by atoms with van der Waals surface area (Å²) in [7, 11) is 3.12. The third-order valence-electron chi connectivity index (χ3n) is 5.07. The number of hydrogen-bond acceptors (Lipinski definition) is 5. The molecular formula is C24H28N2O5. The van der Waals surface area contributed by atoms with Gasteiger partial charge >= 0.3 is 0 Å². The number of methoxy groups -OCH3 is 2. The molecule has 0 saturated heterocycles. The third kappa shape index (κ3) is 4.82. The van der Waals surface area contributed by atoms with Gasteiger partial charge < -0.3 is 24.4 Å². The van der Waals surface area contributed by atoms with Crippen molar-refractivity contribution < 1.29 is 23.8 Å². The summed E-state index contributed by atoms with van der Waals surface area (Å²) in [6.45, 7) is 8.09. The molecule has 0 aromatic heterocycles. The molecule has 0 unspecified atom stereocenters. The lowest BCUT2D eigenvalue weighted by atomic mass is 9.93. The quantitative estimate of drug-likeness (QED) is 0.684. The van der Waals surface area contributed by atoms with Crippen LogP contribution >= 0.6 is 0 Å². The van der Waals surface area contributed by atoms with E-state index in [4.69, 9.17) is 14.2 Å². The molecule has 1 heterocycles. The summed E-state index contributed by atoms with van der Waals surface area (Å²) in [5.41, 5.74) is 1.31. The molecule has 0 bridgehead atoms. The molecule has 0 radical (unpaired) electrons. The minimum Gasteiger partial charge on any atom is -0.493 e. The van der Waals surface area contributed by atoms with Gasteiger partial charge in [-0.3, -0.25) is 9.59 Å². The van der Waals surface area contributed by atoms with Gasteiger partial charge in [-0.15, -0.1) is 6.58 Å². The molecular weight excluding hydrogens is 396 g/mol. The number of rotatable bonds is 7. The van der Waals surface area contributed by atoms with Crippen LogP contribution in [-0.2, 0) is 16.0 Å². The van der Waals surface area contributed by atoms with Crippen LogP contribution in [0, 0.1) is 5.41 Å². The number of anilines is 2. The van der Waals surface area contributed by atoms with E-state index in [-0.39, 0.29) is 24.8 Å². The zero-order valence-electron chi connectivity index (χ0n) is 18.4. The highest BCUT2D eigenvalue weighted by atomic mass is 16.5. The van der Waals surface area contributed by atoms with Crippen LogP contribution in [0.5, 0.6) is 17.2 Å². The molecule has 2 amide bonds. The molecule has 7 heteroatoms. The van der Waals surface area contributed by atoms with Gasteiger partial charge in [0, 0.05) is 12.2 Å². The third-order valence-corrected chi connectivity index (χ3v) is 5.07. The van der Waals surface area contributed by atoms with Crippen LogP contribution in [0.2, 0.25) is 0 Å². The van der Waals surface area contributed by atoms with Crippen LogP contribution in [0.25, 0.3) is 0 Å². The van der Waals surface area contributed by atoms with E-state index in [0.717, 1.165) is 5.56 Å². The molecule has 0 aliphatic carbocycles. The maximum absolute atomic E-state index is 13.0. The summed E-state index contributed by atoms with van der Waals surface area (Å²) in [5, 5.41) is 2.89. The highest BCUT2D eigenvalue weighted by Crippen LogP contribution is 2.38. The predicted molar refractivity (Wildman–Crippen MR) is 120 cm³/mol. The van der Waals surface area contributed by atoms with Crippen molar-refractivity contribution >= 4 is 23.2 Å². The maximum Gasteiger partial charge on any atom is 0.236 e. The van der Waals surface area contributed by atoms with E-state index in [2.05, 4.69) is 11.9 Å². The first kappa shape index (κ1) is 22.2. The summed E-state index contributed by atoms with van der Waals surface area (Å²) in [4.78, 5) is 27.3. The molecule has 0 atom stereocenters. The summed E-state index contributed by atoms with van der Waals surface area (Å²) in [6.07, 6.45) is 1.83. The van der Waals surface area contributed by atoms with E-state index in [1.807, 2.05) is 19.9 Å². The highest BCUT2D eigenvalue weighted by Gasteiger charge is 2.37. The first-order valence-electron chi connectivity index (χ1n) is 9.99. The topological polar surface area (TPSA) is 77.1 Å². The molecule has 164 valence electrons. The number of nitrogens with zero attached hydrogens (tertiary/aromatic N) is 1. The van der Waals surface area contributed by atoms with Crippen molar-refractivity contribution in [1.82, 2.24) is 0 Å². The van der Waals surface area contributed by atoms with Crippen molar-refractivity contribution in [2.75, 3.05) is 37.6 Å². The Bertz CT molecular complexity index is 999. The average molecular weight is 424 g/mol. The van der Waals surface area contributed by atoms with Crippen molar-refractivity contribution in [2.24, 2.45) is 5.41 Å². The monoisotopic (exact) mass is 424 g/mol. The lowest BCUT2D eigenvalue weighted by Gasteiger charge is -2.27. The number of hydrogen-bond donors (Lipinski definition) is 1. The van der Waals surface area contributed by atoms with Gasteiger partial charge in [-0.05, 0) is 49.7 Å². The van der Waals surface area contributed by atoms with Crippen LogP contribution in [0.3, 0.4) is 0 Å². The largest absolute Gasteiger partial charge is 0.493 e. The van der Waals surface area contributed by atoms with Crippen molar-refractivity contribution in [1.29, 1.82) is 0 Å². The van der Waals surface area contributed by atoms with Gasteiger partial charge in [0.1, 0.15) is 12.4 Å². The van der Waals surface area contributed by atoms with Crippen LogP contribution in [0.4, 0.5) is 11.4 Å². The van der Waals surface area contributed by atoms with Gasteiger partial charge in [0.15, 0.2) is 11.5 Å². The molecule has 31 heavy (non-hydrogen) atoms. The van der Waals surface area contributed by atoms with Crippen molar-refractivity contribution in [3.8, 4) is 17.2 Å². The SMILES string of the molecule is C=CCN1C(=O)C(C)(C)COc2ccc(NC(=O)Cc3ccc(OC)c(OC)c3)cc21. The Kier molecular flexibility index (Phi) is 6.53. The molecule has 2 aromatic rings. The Balaban J connectivity index is 1.81. The minimum atomic E-state index is -0.668. The molecule has 1 aliphatic rings. The molecule has 1 aliphatic heterocycles. The van der Waals surface area contributed by atoms with Gasteiger partial charge in [0.05, 0.1) is 31.7 Å². The molecule has 3 rings (SSSR count). The first-order chi connectivity index (χ1) is 14.8. The summed E-state index contributed by atoms with van der Waals surface area (Å²) in [5.74, 6) is 1.52. The number of ether oxygens (including phenoxy) is 3. The van der Waals surface area contributed by atoms with Crippen LogP contribution in [0.1, 0.15) is 19.4 Å². The second-order valence-corrected chi connectivity index (χ2v) is 7.97. The van der Waals surface area contributed by atoms with E-state index in [9.17, 15) is 9.59 Å². The Morgan fingerprint density at radius 1 is 1.19 bits per heavy atom. The van der Waals surface area contributed by atoms with Crippen molar-refractivity contribution in [3.05, 3.63) is 54.6 Å². The van der Waals surface area contributed by atoms with E-state index in [1.54, 1.807) is 55.5 Å². The molecule has 0 spiro atoms. The normalized spacial score (nSPS) is 14.7. The predicted octanol–water partition coefficient (Wildman–Crippen LogP) is 3.82. The Labute approximate surface area is 182 Å². The molecule has 0 saturated carbocycles. The van der Waals surface area contributed by atoms with Crippen molar-refractivity contribution in [3.63, 3.8) is 0 Å². The van der Waals surface area contributed by atoms with Crippen LogP contribution in [-0.4, -0.2) is 39.2 Å².